The molecule has 74 valence electrons. The van der Waals surface area contributed by atoms with Gasteiger partial charge >= 0.3 is 35.7 Å². The first-order valence-electron chi connectivity index (χ1n) is 4.02. The SMILES string of the molecule is CC(C)(C)OC(=O)OC(C)(C)C.[NaH]. The summed E-state index contributed by atoms with van der Waals surface area (Å²) < 4.78 is 9.91. The van der Waals surface area contributed by atoms with Gasteiger partial charge in [0, 0.05) is 0 Å². The minimum absolute atomic E-state index is 0. The summed E-state index contributed by atoms with van der Waals surface area (Å²) in [7, 11) is 0. The van der Waals surface area contributed by atoms with Crippen LogP contribution < -0.4 is 0 Å². The Hall–Kier alpha value is 0.270. The first kappa shape index (κ1) is 15.7. The van der Waals surface area contributed by atoms with Crippen LogP contribution in [0.1, 0.15) is 41.5 Å². The van der Waals surface area contributed by atoms with Gasteiger partial charge in [-0.3, -0.25) is 0 Å². The second kappa shape index (κ2) is 5.23. The van der Waals surface area contributed by atoms with E-state index in [-0.39, 0.29) is 29.6 Å². The summed E-state index contributed by atoms with van der Waals surface area (Å²) in [5, 5.41) is 0. The van der Waals surface area contributed by atoms with E-state index in [1.165, 1.54) is 0 Å². The molecule has 0 saturated heterocycles. The van der Waals surface area contributed by atoms with Crippen LogP contribution >= 0.6 is 0 Å². The Morgan fingerprint density at radius 2 is 1.08 bits per heavy atom. The van der Waals surface area contributed by atoms with Gasteiger partial charge in [-0.25, -0.2) is 4.79 Å². The van der Waals surface area contributed by atoms with Crippen molar-refractivity contribution >= 4 is 35.7 Å². The van der Waals surface area contributed by atoms with Crippen molar-refractivity contribution in [3.63, 3.8) is 0 Å². The number of carbonyl (C=O) groups is 1. The van der Waals surface area contributed by atoms with Crippen molar-refractivity contribution in [2.24, 2.45) is 0 Å². The number of carbonyl (C=O) groups excluding carboxylic acids is 1. The van der Waals surface area contributed by atoms with Crippen LogP contribution in [0.25, 0.3) is 0 Å². The summed E-state index contributed by atoms with van der Waals surface area (Å²) in [5.41, 5.74) is -0.968. The van der Waals surface area contributed by atoms with Gasteiger partial charge in [-0.1, -0.05) is 0 Å². The first-order valence-corrected chi connectivity index (χ1v) is 4.02. The molecule has 4 heteroatoms. The zero-order valence-corrected chi connectivity index (χ0v) is 8.72. The van der Waals surface area contributed by atoms with Gasteiger partial charge in [-0.2, -0.15) is 0 Å². The standard InChI is InChI=1S/C9H18O3.Na.H/c1-8(2,3)11-7(10)12-9(4,5)6;;/h1-6H3;;. The van der Waals surface area contributed by atoms with E-state index in [9.17, 15) is 4.79 Å². The second-order valence-corrected chi connectivity index (χ2v) is 4.68. The van der Waals surface area contributed by atoms with Crippen LogP contribution in [-0.4, -0.2) is 46.9 Å². The van der Waals surface area contributed by atoms with E-state index in [1.807, 2.05) is 0 Å². The molecular weight excluding hydrogens is 179 g/mol. The third-order valence-corrected chi connectivity index (χ3v) is 0.779. The van der Waals surface area contributed by atoms with Crippen LogP contribution in [-0.2, 0) is 9.47 Å². The molecule has 0 heterocycles. The van der Waals surface area contributed by atoms with Gasteiger partial charge in [0.2, 0.25) is 0 Å². The van der Waals surface area contributed by atoms with Gasteiger partial charge in [-0.05, 0) is 41.5 Å². The Morgan fingerprint density at radius 3 is 1.23 bits per heavy atom. The van der Waals surface area contributed by atoms with Crippen molar-refractivity contribution < 1.29 is 14.3 Å². The van der Waals surface area contributed by atoms with Gasteiger partial charge in [-0.15, -0.1) is 0 Å². The molecule has 3 nitrogen and oxygen atoms in total. The number of hydrogen-bond donors (Lipinski definition) is 0. The van der Waals surface area contributed by atoms with Crippen molar-refractivity contribution in [3.8, 4) is 0 Å². The zero-order valence-electron chi connectivity index (χ0n) is 8.72. The fraction of sp³-hybridized carbons (Fsp3) is 0.889. The molecule has 0 amide bonds. The summed E-state index contributed by atoms with van der Waals surface area (Å²) in [6, 6.07) is 0. The normalized spacial score (nSPS) is 11.5. The Bertz CT molecular complexity index is 147. The Labute approximate surface area is 102 Å². The molecule has 0 aliphatic rings. The van der Waals surface area contributed by atoms with E-state index in [2.05, 4.69) is 0 Å². The third-order valence-electron chi connectivity index (χ3n) is 0.779. The molecular formula is C9H19NaO3. The van der Waals surface area contributed by atoms with Crippen molar-refractivity contribution in [2.45, 2.75) is 52.7 Å². The van der Waals surface area contributed by atoms with E-state index < -0.39 is 17.4 Å². The molecule has 0 aromatic rings. The van der Waals surface area contributed by atoms with Crippen molar-refractivity contribution in [1.82, 2.24) is 0 Å². The molecule has 0 aromatic heterocycles. The van der Waals surface area contributed by atoms with E-state index in [0.29, 0.717) is 0 Å². The molecule has 0 aliphatic carbocycles. The third kappa shape index (κ3) is 12.3. The molecule has 0 saturated carbocycles. The quantitative estimate of drug-likeness (QED) is 0.441. The minimum atomic E-state index is -0.616. The van der Waals surface area contributed by atoms with E-state index in [4.69, 9.17) is 9.47 Å². The summed E-state index contributed by atoms with van der Waals surface area (Å²) >= 11 is 0. The molecule has 0 bridgehead atoms. The molecule has 0 aromatic carbocycles. The van der Waals surface area contributed by atoms with Crippen LogP contribution in [0.4, 0.5) is 4.79 Å². The topological polar surface area (TPSA) is 35.5 Å². The summed E-state index contributed by atoms with van der Waals surface area (Å²) in [5.74, 6) is 0. The van der Waals surface area contributed by atoms with Crippen molar-refractivity contribution in [1.29, 1.82) is 0 Å². The van der Waals surface area contributed by atoms with Crippen LogP contribution in [0.5, 0.6) is 0 Å². The maximum atomic E-state index is 11.0. The molecule has 0 rings (SSSR count). The van der Waals surface area contributed by atoms with Crippen LogP contribution in [0.2, 0.25) is 0 Å². The van der Waals surface area contributed by atoms with Gasteiger partial charge < -0.3 is 9.47 Å². The monoisotopic (exact) mass is 198 g/mol. The fourth-order valence-electron chi connectivity index (χ4n) is 0.521. The molecule has 0 unspecified atom stereocenters. The summed E-state index contributed by atoms with van der Waals surface area (Å²) in [6.45, 7) is 10.8. The van der Waals surface area contributed by atoms with Crippen LogP contribution in [0.3, 0.4) is 0 Å². The molecule has 0 spiro atoms. The first-order chi connectivity index (χ1) is 5.10. The molecule has 0 radical (unpaired) electrons. The van der Waals surface area contributed by atoms with Crippen molar-refractivity contribution in [3.05, 3.63) is 0 Å². The number of ether oxygens (including phenoxy) is 2. The fourth-order valence-corrected chi connectivity index (χ4v) is 0.521. The Kier molecular flexibility index (Phi) is 6.32. The summed E-state index contributed by atoms with van der Waals surface area (Å²) in [4.78, 5) is 11.0. The molecule has 0 atom stereocenters. The van der Waals surface area contributed by atoms with Gasteiger partial charge in [0.1, 0.15) is 11.2 Å². The van der Waals surface area contributed by atoms with Crippen LogP contribution in [0, 0.1) is 0 Å². The van der Waals surface area contributed by atoms with Gasteiger partial charge in [0.05, 0.1) is 0 Å². The number of hydrogen-bond acceptors (Lipinski definition) is 3. The summed E-state index contributed by atoms with van der Waals surface area (Å²) in [6.07, 6.45) is -0.616. The van der Waals surface area contributed by atoms with Gasteiger partial charge in [0.15, 0.2) is 0 Å². The second-order valence-electron chi connectivity index (χ2n) is 4.68. The molecule has 13 heavy (non-hydrogen) atoms. The molecule has 0 fully saturated rings. The number of rotatable bonds is 0. The van der Waals surface area contributed by atoms with Gasteiger partial charge in [0.25, 0.3) is 0 Å². The molecule has 0 aliphatic heterocycles. The van der Waals surface area contributed by atoms with Crippen LogP contribution in [0.15, 0.2) is 0 Å². The van der Waals surface area contributed by atoms with E-state index in [1.54, 1.807) is 41.5 Å². The zero-order chi connectivity index (χ0) is 9.99. The predicted molar refractivity (Wildman–Crippen MR) is 54.2 cm³/mol. The Balaban J connectivity index is 0. The van der Waals surface area contributed by atoms with Crippen molar-refractivity contribution in [2.75, 3.05) is 0 Å². The Morgan fingerprint density at radius 1 is 0.846 bits per heavy atom. The molecule has 0 N–H and O–H groups in total. The van der Waals surface area contributed by atoms with E-state index >= 15 is 0 Å². The predicted octanol–water partition coefficient (Wildman–Crippen LogP) is 2.09. The maximum absolute atomic E-state index is 11.0. The average molecular weight is 198 g/mol. The van der Waals surface area contributed by atoms with E-state index in [0.717, 1.165) is 0 Å². The average Bonchev–Trinajstić information content (AvgIpc) is 1.49.